The summed E-state index contributed by atoms with van der Waals surface area (Å²) in [7, 11) is 0. The highest BCUT2D eigenvalue weighted by Gasteiger charge is 2.24. The molecule has 21 heavy (non-hydrogen) atoms. The average molecular weight is 305 g/mol. The Bertz CT molecular complexity index is 648. The monoisotopic (exact) mass is 305 g/mol. The zero-order chi connectivity index (χ0) is 14.7. The zero-order valence-corrected chi connectivity index (χ0v) is 12.1. The van der Waals surface area contributed by atoms with Crippen LogP contribution in [0.1, 0.15) is 27.9 Å². The van der Waals surface area contributed by atoms with Crippen LogP contribution in [0, 0.1) is 0 Å². The lowest BCUT2D eigenvalue weighted by atomic mass is 10.2. The average Bonchev–Trinajstić information content (AvgIpc) is 2.92. The third-order valence-electron chi connectivity index (χ3n) is 3.39. The van der Waals surface area contributed by atoms with E-state index < -0.39 is 0 Å². The van der Waals surface area contributed by atoms with E-state index in [-0.39, 0.29) is 22.4 Å². The van der Waals surface area contributed by atoms with Gasteiger partial charge >= 0.3 is 0 Å². The van der Waals surface area contributed by atoms with Gasteiger partial charge in [0.2, 0.25) is 0 Å². The molecule has 2 aromatic heterocycles. The minimum absolute atomic E-state index is 0.146. The Labute approximate surface area is 125 Å². The number of hydrogen-bond donors (Lipinski definition) is 1. The van der Waals surface area contributed by atoms with Crippen molar-refractivity contribution in [1.82, 2.24) is 15.1 Å². The first-order valence-electron chi connectivity index (χ1n) is 6.74. The van der Waals surface area contributed by atoms with Crippen molar-refractivity contribution in [1.29, 1.82) is 0 Å². The van der Waals surface area contributed by atoms with Gasteiger partial charge in [0.15, 0.2) is 0 Å². The molecule has 0 aromatic carbocycles. The maximum Gasteiger partial charge on any atom is 0.274 e. The predicted octanol–water partition coefficient (Wildman–Crippen LogP) is 1.68. The highest BCUT2D eigenvalue weighted by atomic mass is 32.2. The summed E-state index contributed by atoms with van der Waals surface area (Å²) in [4.78, 5) is 25.1. The molecular weight excluding hydrogens is 290 g/mol. The normalized spacial score (nSPS) is 19.2. The third-order valence-corrected chi connectivity index (χ3v) is 4.68. The minimum Gasteiger partial charge on any atom is -0.468 e. The van der Waals surface area contributed by atoms with E-state index in [2.05, 4.69) is 10.2 Å². The second-order valence-corrected chi connectivity index (χ2v) is 6.07. The smallest absolute Gasteiger partial charge is 0.274 e. The molecule has 1 aliphatic rings. The molecule has 7 heteroatoms. The second kappa shape index (κ2) is 6.17. The second-order valence-electron chi connectivity index (χ2n) is 4.76. The first kappa shape index (κ1) is 13.9. The molecule has 3 rings (SSSR count). The number of aromatic nitrogens is 2. The molecule has 0 radical (unpaired) electrons. The van der Waals surface area contributed by atoms with Crippen LogP contribution in [-0.4, -0.2) is 39.8 Å². The molecule has 6 nitrogen and oxygen atoms in total. The molecular formula is C14H15N3O3S. The lowest BCUT2D eigenvalue weighted by Crippen LogP contribution is -2.34. The summed E-state index contributed by atoms with van der Waals surface area (Å²) in [6.07, 6.45) is 2.52. The standard InChI is InChI=1S/C14H15N3O3S/c18-13-4-3-10(15-16-13)14(19)17-6-5-12(21-9-7-17)11-2-1-8-20-11/h1-4,8,12H,5-7,9H2,(H,16,18)/t12-/m0/s1. The van der Waals surface area contributed by atoms with Gasteiger partial charge in [0.25, 0.3) is 11.5 Å². The summed E-state index contributed by atoms with van der Waals surface area (Å²) in [5.41, 5.74) is -0.0353. The number of nitrogens with one attached hydrogen (secondary N) is 1. The number of amides is 1. The van der Waals surface area contributed by atoms with Gasteiger partial charge in [0, 0.05) is 24.9 Å². The Morgan fingerprint density at radius 3 is 3.00 bits per heavy atom. The van der Waals surface area contributed by atoms with Crippen molar-refractivity contribution in [3.63, 3.8) is 0 Å². The minimum atomic E-state index is -0.309. The van der Waals surface area contributed by atoms with Crippen LogP contribution in [0.2, 0.25) is 0 Å². The molecule has 1 N–H and O–H groups in total. The first-order chi connectivity index (χ1) is 10.2. The molecule has 1 fully saturated rings. The van der Waals surface area contributed by atoms with Crippen LogP contribution < -0.4 is 5.56 Å². The van der Waals surface area contributed by atoms with Gasteiger partial charge in [0.05, 0.1) is 11.5 Å². The molecule has 2 aromatic rings. The Morgan fingerprint density at radius 2 is 2.29 bits per heavy atom. The molecule has 110 valence electrons. The molecule has 1 aliphatic heterocycles. The molecule has 0 saturated carbocycles. The van der Waals surface area contributed by atoms with Crippen LogP contribution >= 0.6 is 11.8 Å². The Hall–Kier alpha value is -2.02. The molecule has 1 amide bonds. The summed E-state index contributed by atoms with van der Waals surface area (Å²) < 4.78 is 5.45. The largest absolute Gasteiger partial charge is 0.468 e. The van der Waals surface area contributed by atoms with Gasteiger partial charge in [-0.1, -0.05) is 0 Å². The van der Waals surface area contributed by atoms with Gasteiger partial charge in [-0.25, -0.2) is 5.10 Å². The fourth-order valence-electron chi connectivity index (χ4n) is 2.30. The van der Waals surface area contributed by atoms with E-state index in [4.69, 9.17) is 4.42 Å². The number of furan rings is 1. The fourth-order valence-corrected chi connectivity index (χ4v) is 3.48. The molecule has 0 unspecified atom stereocenters. The van der Waals surface area contributed by atoms with Gasteiger partial charge in [-0.2, -0.15) is 5.10 Å². The highest BCUT2D eigenvalue weighted by molar-refractivity contribution is 7.99. The van der Waals surface area contributed by atoms with Crippen molar-refractivity contribution in [3.05, 3.63) is 52.3 Å². The van der Waals surface area contributed by atoms with Gasteiger partial charge in [-0.15, -0.1) is 11.8 Å². The molecule has 3 heterocycles. The summed E-state index contributed by atoms with van der Waals surface area (Å²) in [5, 5.41) is 6.37. The number of H-pyrrole nitrogens is 1. The number of hydrogen-bond acceptors (Lipinski definition) is 5. The van der Waals surface area contributed by atoms with Gasteiger partial charge in [-0.05, 0) is 24.6 Å². The van der Waals surface area contributed by atoms with Crippen LogP contribution in [0.15, 0.2) is 39.7 Å². The highest BCUT2D eigenvalue weighted by Crippen LogP contribution is 2.34. The first-order valence-corrected chi connectivity index (χ1v) is 7.79. The quantitative estimate of drug-likeness (QED) is 0.913. The Kier molecular flexibility index (Phi) is 4.10. The van der Waals surface area contributed by atoms with E-state index in [1.165, 1.54) is 12.1 Å². The van der Waals surface area contributed by atoms with E-state index in [1.807, 2.05) is 12.1 Å². The Balaban J connectivity index is 1.68. The lowest BCUT2D eigenvalue weighted by molar-refractivity contribution is 0.0759. The number of nitrogens with zero attached hydrogens (tertiary/aromatic N) is 2. The summed E-state index contributed by atoms with van der Waals surface area (Å²) in [5.74, 6) is 1.66. The van der Waals surface area contributed by atoms with Crippen molar-refractivity contribution in [2.45, 2.75) is 11.7 Å². The SMILES string of the molecule is O=C(c1ccc(=O)[nH]n1)N1CCS[C@H](c2ccco2)CC1. The molecule has 0 bridgehead atoms. The maximum atomic E-state index is 12.4. The van der Waals surface area contributed by atoms with E-state index in [1.54, 1.807) is 22.9 Å². The van der Waals surface area contributed by atoms with Crippen molar-refractivity contribution < 1.29 is 9.21 Å². The van der Waals surface area contributed by atoms with Gasteiger partial charge < -0.3 is 9.32 Å². The molecule has 0 aliphatic carbocycles. The van der Waals surface area contributed by atoms with Gasteiger partial charge in [-0.3, -0.25) is 9.59 Å². The number of thioether (sulfide) groups is 1. The van der Waals surface area contributed by atoms with Crippen molar-refractivity contribution >= 4 is 17.7 Å². The Morgan fingerprint density at radius 1 is 1.38 bits per heavy atom. The third kappa shape index (κ3) is 3.18. The van der Waals surface area contributed by atoms with Gasteiger partial charge in [0.1, 0.15) is 11.5 Å². The molecule has 1 atom stereocenters. The number of aromatic amines is 1. The predicted molar refractivity (Wildman–Crippen MR) is 79.3 cm³/mol. The van der Waals surface area contributed by atoms with Crippen LogP contribution in [0.25, 0.3) is 0 Å². The summed E-state index contributed by atoms with van der Waals surface area (Å²) >= 11 is 1.79. The summed E-state index contributed by atoms with van der Waals surface area (Å²) in [6, 6.07) is 6.63. The topological polar surface area (TPSA) is 79.2 Å². The lowest BCUT2D eigenvalue weighted by Gasteiger charge is -2.19. The molecule has 1 saturated heterocycles. The number of carbonyl (C=O) groups excluding carboxylic acids is 1. The van der Waals surface area contributed by atoms with Crippen LogP contribution in [0.3, 0.4) is 0 Å². The van der Waals surface area contributed by atoms with Crippen LogP contribution in [-0.2, 0) is 0 Å². The number of carbonyl (C=O) groups is 1. The van der Waals surface area contributed by atoms with Crippen molar-refractivity contribution in [2.75, 3.05) is 18.8 Å². The van der Waals surface area contributed by atoms with Crippen molar-refractivity contribution in [3.8, 4) is 0 Å². The van der Waals surface area contributed by atoms with E-state index in [0.29, 0.717) is 13.1 Å². The molecule has 0 spiro atoms. The zero-order valence-electron chi connectivity index (χ0n) is 11.3. The van der Waals surface area contributed by atoms with Crippen LogP contribution in [0.5, 0.6) is 0 Å². The number of rotatable bonds is 2. The van der Waals surface area contributed by atoms with Crippen molar-refractivity contribution in [2.24, 2.45) is 0 Å². The van der Waals surface area contributed by atoms with E-state index >= 15 is 0 Å². The fraction of sp³-hybridized carbons (Fsp3) is 0.357. The van der Waals surface area contributed by atoms with E-state index in [0.717, 1.165) is 17.9 Å². The maximum absolute atomic E-state index is 12.4. The summed E-state index contributed by atoms with van der Waals surface area (Å²) in [6.45, 7) is 1.32. The van der Waals surface area contributed by atoms with Crippen LogP contribution in [0.4, 0.5) is 0 Å². The van der Waals surface area contributed by atoms with E-state index in [9.17, 15) is 9.59 Å².